The van der Waals surface area contributed by atoms with Crippen molar-refractivity contribution in [2.24, 2.45) is 0 Å². The molecule has 0 unspecified atom stereocenters. The lowest BCUT2D eigenvalue weighted by atomic mass is 10.2. The second kappa shape index (κ2) is 4.64. The minimum absolute atomic E-state index is 0.155. The lowest BCUT2D eigenvalue weighted by molar-refractivity contribution is -0.108. The van der Waals surface area contributed by atoms with Gasteiger partial charge >= 0.3 is 0 Å². The van der Waals surface area contributed by atoms with Crippen molar-refractivity contribution in [3.63, 3.8) is 0 Å². The molecule has 2 rings (SSSR count). The average Bonchev–Trinajstić information content (AvgIpc) is 2.29. The molecule has 1 aliphatic heterocycles. The molecule has 1 aromatic rings. The standard InChI is InChI=1S/C11H16N2O3S/c1-9-5-4-6-10(12)11(9)17(14,15)13-7-2-3-8-16-13/h4-6H,2-3,7-8,12H2,1H3. The number of benzene rings is 1. The van der Waals surface area contributed by atoms with E-state index in [1.54, 1.807) is 25.1 Å². The van der Waals surface area contributed by atoms with Crippen LogP contribution in [0.2, 0.25) is 0 Å². The maximum absolute atomic E-state index is 12.3. The van der Waals surface area contributed by atoms with Crippen molar-refractivity contribution in [1.29, 1.82) is 0 Å². The Morgan fingerprint density at radius 2 is 2.12 bits per heavy atom. The highest BCUT2D eigenvalue weighted by atomic mass is 32.2. The van der Waals surface area contributed by atoms with E-state index in [1.807, 2.05) is 0 Å². The maximum Gasteiger partial charge on any atom is 0.267 e. The largest absolute Gasteiger partial charge is 0.398 e. The second-order valence-electron chi connectivity index (χ2n) is 4.07. The van der Waals surface area contributed by atoms with Crippen molar-refractivity contribution >= 4 is 15.7 Å². The Kier molecular flexibility index (Phi) is 3.37. The van der Waals surface area contributed by atoms with Crippen LogP contribution in [0.15, 0.2) is 23.1 Å². The third kappa shape index (κ3) is 2.29. The van der Waals surface area contributed by atoms with Gasteiger partial charge < -0.3 is 5.73 Å². The number of hydroxylamine groups is 1. The molecule has 17 heavy (non-hydrogen) atoms. The minimum atomic E-state index is -3.64. The van der Waals surface area contributed by atoms with Crippen LogP contribution in [0.25, 0.3) is 0 Å². The summed E-state index contributed by atoms with van der Waals surface area (Å²) >= 11 is 0. The van der Waals surface area contributed by atoms with Crippen molar-refractivity contribution in [3.8, 4) is 0 Å². The van der Waals surface area contributed by atoms with Crippen LogP contribution in [0.1, 0.15) is 18.4 Å². The quantitative estimate of drug-likeness (QED) is 0.809. The first-order valence-corrected chi connectivity index (χ1v) is 6.98. The van der Waals surface area contributed by atoms with Gasteiger partial charge in [-0.2, -0.15) is 0 Å². The summed E-state index contributed by atoms with van der Waals surface area (Å²) in [5.74, 6) is 0. The number of nitrogens with two attached hydrogens (primary N) is 1. The lowest BCUT2D eigenvalue weighted by Crippen LogP contribution is -2.36. The van der Waals surface area contributed by atoms with E-state index >= 15 is 0 Å². The van der Waals surface area contributed by atoms with Crippen LogP contribution in [-0.4, -0.2) is 26.0 Å². The van der Waals surface area contributed by atoms with Gasteiger partial charge in [-0.25, -0.2) is 8.42 Å². The first-order valence-electron chi connectivity index (χ1n) is 5.54. The number of aryl methyl sites for hydroxylation is 1. The average molecular weight is 256 g/mol. The fraction of sp³-hybridized carbons (Fsp3) is 0.455. The Hall–Kier alpha value is -1.11. The molecule has 2 N–H and O–H groups in total. The molecule has 1 heterocycles. The monoisotopic (exact) mass is 256 g/mol. The highest BCUT2D eigenvalue weighted by molar-refractivity contribution is 7.89. The molecule has 0 bridgehead atoms. The van der Waals surface area contributed by atoms with E-state index < -0.39 is 10.0 Å². The zero-order chi connectivity index (χ0) is 12.5. The number of nitrogens with zero attached hydrogens (tertiary/aromatic N) is 1. The van der Waals surface area contributed by atoms with Crippen molar-refractivity contribution in [2.75, 3.05) is 18.9 Å². The Bertz CT molecular complexity index is 487. The number of sulfonamides is 1. The second-order valence-corrected chi connectivity index (χ2v) is 5.83. The van der Waals surface area contributed by atoms with Crippen LogP contribution >= 0.6 is 0 Å². The van der Waals surface area contributed by atoms with Gasteiger partial charge in [0.2, 0.25) is 0 Å². The number of hydrogen-bond donors (Lipinski definition) is 1. The molecule has 0 aliphatic carbocycles. The zero-order valence-electron chi connectivity index (χ0n) is 9.72. The van der Waals surface area contributed by atoms with E-state index in [0.717, 1.165) is 17.3 Å². The molecule has 0 atom stereocenters. The molecule has 0 aromatic heterocycles. The van der Waals surface area contributed by atoms with E-state index in [9.17, 15) is 8.42 Å². The topological polar surface area (TPSA) is 72.6 Å². The van der Waals surface area contributed by atoms with Crippen LogP contribution in [0.4, 0.5) is 5.69 Å². The van der Waals surface area contributed by atoms with Gasteiger partial charge in [0, 0.05) is 6.54 Å². The van der Waals surface area contributed by atoms with Crippen LogP contribution < -0.4 is 5.73 Å². The van der Waals surface area contributed by atoms with Crippen molar-refractivity contribution in [2.45, 2.75) is 24.7 Å². The van der Waals surface area contributed by atoms with Crippen LogP contribution in [0.3, 0.4) is 0 Å². The molecule has 5 nitrogen and oxygen atoms in total. The summed E-state index contributed by atoms with van der Waals surface area (Å²) in [6.45, 7) is 2.55. The predicted molar refractivity (Wildman–Crippen MR) is 64.7 cm³/mol. The SMILES string of the molecule is Cc1cccc(N)c1S(=O)(=O)N1CCCCO1. The molecular formula is C11H16N2O3S. The number of rotatable bonds is 2. The lowest BCUT2D eigenvalue weighted by Gasteiger charge is -2.26. The van der Waals surface area contributed by atoms with Gasteiger partial charge in [-0.05, 0) is 31.4 Å². The molecular weight excluding hydrogens is 240 g/mol. The summed E-state index contributed by atoms with van der Waals surface area (Å²) in [4.78, 5) is 5.35. The van der Waals surface area contributed by atoms with Crippen molar-refractivity contribution < 1.29 is 13.3 Å². The van der Waals surface area contributed by atoms with Crippen molar-refractivity contribution in [3.05, 3.63) is 23.8 Å². The molecule has 6 heteroatoms. The molecule has 0 spiro atoms. The normalized spacial score (nSPS) is 18.2. The molecule has 1 aliphatic rings. The van der Waals surface area contributed by atoms with Gasteiger partial charge in [-0.15, -0.1) is 0 Å². The van der Waals surface area contributed by atoms with Gasteiger partial charge in [-0.1, -0.05) is 16.6 Å². The van der Waals surface area contributed by atoms with E-state index in [-0.39, 0.29) is 10.6 Å². The van der Waals surface area contributed by atoms with Crippen LogP contribution in [0.5, 0.6) is 0 Å². The Labute approximate surface area is 101 Å². The summed E-state index contributed by atoms with van der Waals surface area (Å²) in [6.07, 6.45) is 1.69. The molecule has 1 fully saturated rings. The van der Waals surface area contributed by atoms with Gasteiger partial charge in [0.25, 0.3) is 10.0 Å². The highest BCUT2D eigenvalue weighted by Gasteiger charge is 2.30. The Morgan fingerprint density at radius 1 is 1.35 bits per heavy atom. The zero-order valence-corrected chi connectivity index (χ0v) is 10.5. The fourth-order valence-corrected chi connectivity index (χ4v) is 3.52. The summed E-state index contributed by atoms with van der Waals surface area (Å²) in [7, 11) is -3.64. The Morgan fingerprint density at radius 3 is 2.71 bits per heavy atom. The van der Waals surface area contributed by atoms with Crippen LogP contribution in [0, 0.1) is 6.92 Å². The minimum Gasteiger partial charge on any atom is -0.398 e. The smallest absolute Gasteiger partial charge is 0.267 e. The molecule has 1 aromatic carbocycles. The van der Waals surface area contributed by atoms with E-state index in [4.69, 9.17) is 10.6 Å². The molecule has 0 amide bonds. The first kappa shape index (κ1) is 12.3. The Balaban J connectivity index is 2.44. The molecule has 0 saturated carbocycles. The third-order valence-corrected chi connectivity index (χ3v) is 4.64. The number of nitrogen functional groups attached to an aromatic ring is 1. The van der Waals surface area contributed by atoms with Gasteiger partial charge in [-0.3, -0.25) is 4.84 Å². The predicted octanol–water partition coefficient (Wildman–Crippen LogP) is 1.29. The summed E-state index contributed by atoms with van der Waals surface area (Å²) in [6, 6.07) is 5.05. The van der Waals surface area contributed by atoms with Gasteiger partial charge in [0.15, 0.2) is 0 Å². The van der Waals surface area contributed by atoms with Gasteiger partial charge in [0.1, 0.15) is 4.90 Å². The third-order valence-electron chi connectivity index (χ3n) is 2.74. The maximum atomic E-state index is 12.3. The molecule has 0 radical (unpaired) electrons. The van der Waals surface area contributed by atoms with Crippen molar-refractivity contribution in [1.82, 2.24) is 4.47 Å². The molecule has 1 saturated heterocycles. The summed E-state index contributed by atoms with van der Waals surface area (Å²) in [5.41, 5.74) is 6.65. The van der Waals surface area contributed by atoms with Crippen LogP contribution in [-0.2, 0) is 14.9 Å². The summed E-state index contributed by atoms with van der Waals surface area (Å²) in [5, 5.41) is 0. The first-order chi connectivity index (χ1) is 8.03. The van der Waals surface area contributed by atoms with E-state index in [2.05, 4.69) is 0 Å². The fourth-order valence-electron chi connectivity index (χ4n) is 1.89. The number of hydrogen-bond acceptors (Lipinski definition) is 4. The molecule has 94 valence electrons. The number of anilines is 1. The van der Waals surface area contributed by atoms with Gasteiger partial charge in [0.05, 0.1) is 12.3 Å². The highest BCUT2D eigenvalue weighted by Crippen LogP contribution is 2.27. The summed E-state index contributed by atoms with van der Waals surface area (Å²) < 4.78 is 25.8. The van der Waals surface area contributed by atoms with E-state index in [1.165, 1.54) is 0 Å². The van der Waals surface area contributed by atoms with E-state index in [0.29, 0.717) is 18.7 Å².